The summed E-state index contributed by atoms with van der Waals surface area (Å²) >= 11 is 6.82. The summed E-state index contributed by atoms with van der Waals surface area (Å²) in [6.45, 7) is 2.88. The van der Waals surface area contributed by atoms with E-state index in [-0.39, 0.29) is 5.97 Å². The fourth-order valence-electron chi connectivity index (χ4n) is 1.73. The van der Waals surface area contributed by atoms with Crippen LogP contribution < -0.4 is 0 Å². The zero-order valence-electron chi connectivity index (χ0n) is 10.6. The van der Waals surface area contributed by atoms with E-state index >= 15 is 0 Å². The Kier molecular flexibility index (Phi) is 4.86. The summed E-state index contributed by atoms with van der Waals surface area (Å²) in [4.78, 5) is 12.3. The SMILES string of the molecule is CCOC(=O)CCCn1c(-c2cccs2)n[nH]c1=S. The zero-order chi connectivity index (χ0) is 13.7. The second-order valence-corrected chi connectivity index (χ2v) is 5.22. The zero-order valence-corrected chi connectivity index (χ0v) is 12.2. The molecule has 5 nitrogen and oxygen atoms in total. The normalized spacial score (nSPS) is 10.6. The molecule has 0 aliphatic rings. The Labute approximate surface area is 120 Å². The van der Waals surface area contributed by atoms with Gasteiger partial charge in [-0.3, -0.25) is 14.5 Å². The Morgan fingerprint density at radius 3 is 3.16 bits per heavy atom. The summed E-state index contributed by atoms with van der Waals surface area (Å²) in [5.41, 5.74) is 0. The summed E-state index contributed by atoms with van der Waals surface area (Å²) in [7, 11) is 0. The quantitative estimate of drug-likeness (QED) is 0.657. The molecule has 2 aromatic rings. The maximum Gasteiger partial charge on any atom is 0.305 e. The van der Waals surface area contributed by atoms with E-state index in [1.807, 2.05) is 22.1 Å². The molecule has 0 fully saturated rings. The van der Waals surface area contributed by atoms with Crippen LogP contribution >= 0.6 is 23.6 Å². The molecule has 19 heavy (non-hydrogen) atoms. The molecule has 2 heterocycles. The van der Waals surface area contributed by atoms with Crippen molar-refractivity contribution < 1.29 is 9.53 Å². The van der Waals surface area contributed by atoms with E-state index in [4.69, 9.17) is 17.0 Å². The molecule has 0 spiro atoms. The van der Waals surface area contributed by atoms with Gasteiger partial charge in [0.2, 0.25) is 0 Å². The van der Waals surface area contributed by atoms with Crippen molar-refractivity contribution in [2.45, 2.75) is 26.3 Å². The Morgan fingerprint density at radius 1 is 1.63 bits per heavy atom. The smallest absolute Gasteiger partial charge is 0.305 e. The minimum atomic E-state index is -0.171. The van der Waals surface area contributed by atoms with Gasteiger partial charge in [-0.25, -0.2) is 0 Å². The lowest BCUT2D eigenvalue weighted by atomic mass is 10.3. The predicted octanol–water partition coefficient (Wildman–Crippen LogP) is 3.01. The number of carbonyl (C=O) groups excluding carboxylic acids is 1. The van der Waals surface area contributed by atoms with Crippen LogP contribution in [0.25, 0.3) is 10.7 Å². The predicted molar refractivity (Wildman–Crippen MR) is 76.6 cm³/mol. The Balaban J connectivity index is 2.03. The molecule has 0 aliphatic heterocycles. The first-order valence-electron chi connectivity index (χ1n) is 6.07. The van der Waals surface area contributed by atoms with Gasteiger partial charge in [0, 0.05) is 13.0 Å². The van der Waals surface area contributed by atoms with Gasteiger partial charge in [0.25, 0.3) is 0 Å². The van der Waals surface area contributed by atoms with Crippen LogP contribution in [0.2, 0.25) is 0 Å². The van der Waals surface area contributed by atoms with Gasteiger partial charge in [-0.1, -0.05) is 6.07 Å². The Morgan fingerprint density at radius 2 is 2.47 bits per heavy atom. The number of rotatable bonds is 6. The van der Waals surface area contributed by atoms with Crippen LogP contribution in [0, 0.1) is 4.77 Å². The van der Waals surface area contributed by atoms with Gasteiger partial charge in [-0.05, 0) is 37.0 Å². The Hall–Kier alpha value is -1.47. The van der Waals surface area contributed by atoms with Crippen molar-refractivity contribution in [2.75, 3.05) is 6.61 Å². The first-order chi connectivity index (χ1) is 9.22. The number of hydrogen-bond donors (Lipinski definition) is 1. The second-order valence-electron chi connectivity index (χ2n) is 3.89. The van der Waals surface area contributed by atoms with Crippen molar-refractivity contribution in [3.8, 4) is 10.7 Å². The van der Waals surface area contributed by atoms with Gasteiger partial charge >= 0.3 is 5.97 Å². The molecule has 0 aromatic carbocycles. The fourth-order valence-corrected chi connectivity index (χ4v) is 2.68. The highest BCUT2D eigenvalue weighted by molar-refractivity contribution is 7.71. The first-order valence-corrected chi connectivity index (χ1v) is 7.36. The van der Waals surface area contributed by atoms with Gasteiger partial charge in [0.1, 0.15) is 0 Å². The van der Waals surface area contributed by atoms with Crippen molar-refractivity contribution in [3.63, 3.8) is 0 Å². The summed E-state index contributed by atoms with van der Waals surface area (Å²) in [5, 5.41) is 9.02. The van der Waals surface area contributed by atoms with Crippen molar-refractivity contribution in [1.29, 1.82) is 0 Å². The Bertz CT molecular complexity index is 586. The molecule has 0 radical (unpaired) electrons. The number of nitrogens with zero attached hydrogens (tertiary/aromatic N) is 2. The lowest BCUT2D eigenvalue weighted by Crippen LogP contribution is -2.07. The van der Waals surface area contributed by atoms with E-state index in [2.05, 4.69) is 10.2 Å². The molecule has 2 rings (SSSR count). The molecule has 1 N–H and O–H groups in total. The van der Waals surface area contributed by atoms with Gasteiger partial charge in [-0.15, -0.1) is 11.3 Å². The maximum atomic E-state index is 11.3. The fraction of sp³-hybridized carbons (Fsp3) is 0.417. The van der Waals surface area contributed by atoms with Gasteiger partial charge in [0.15, 0.2) is 10.6 Å². The van der Waals surface area contributed by atoms with Crippen LogP contribution in [0.4, 0.5) is 0 Å². The van der Waals surface area contributed by atoms with E-state index < -0.39 is 0 Å². The third-order valence-corrected chi connectivity index (χ3v) is 3.75. The van der Waals surface area contributed by atoms with Gasteiger partial charge < -0.3 is 4.74 Å². The molecule has 0 bridgehead atoms. The van der Waals surface area contributed by atoms with Gasteiger partial charge in [-0.2, -0.15) is 5.10 Å². The molecule has 102 valence electrons. The van der Waals surface area contributed by atoms with Crippen LogP contribution in [0.3, 0.4) is 0 Å². The van der Waals surface area contributed by atoms with E-state index in [1.165, 1.54) is 0 Å². The molecule has 7 heteroatoms. The van der Waals surface area contributed by atoms with Crippen molar-refractivity contribution in [1.82, 2.24) is 14.8 Å². The van der Waals surface area contributed by atoms with Crippen LogP contribution in [0.5, 0.6) is 0 Å². The third kappa shape index (κ3) is 3.51. The molecule has 0 saturated carbocycles. The van der Waals surface area contributed by atoms with Crippen molar-refractivity contribution in [2.24, 2.45) is 0 Å². The van der Waals surface area contributed by atoms with Crippen LogP contribution in [-0.2, 0) is 16.1 Å². The lowest BCUT2D eigenvalue weighted by Gasteiger charge is -2.05. The maximum absolute atomic E-state index is 11.3. The van der Waals surface area contributed by atoms with Crippen molar-refractivity contribution in [3.05, 3.63) is 22.3 Å². The van der Waals surface area contributed by atoms with E-state index in [0.717, 1.165) is 10.7 Å². The average molecular weight is 297 g/mol. The van der Waals surface area contributed by atoms with Crippen LogP contribution in [0.15, 0.2) is 17.5 Å². The van der Waals surface area contributed by atoms with E-state index in [1.54, 1.807) is 18.3 Å². The number of esters is 1. The highest BCUT2D eigenvalue weighted by Crippen LogP contribution is 2.22. The highest BCUT2D eigenvalue weighted by Gasteiger charge is 2.10. The first kappa shape index (κ1) is 14.0. The number of carbonyl (C=O) groups is 1. The molecule has 0 unspecified atom stereocenters. The van der Waals surface area contributed by atoms with E-state index in [9.17, 15) is 4.79 Å². The molecular formula is C12H15N3O2S2. The number of aromatic amines is 1. The molecule has 0 aliphatic carbocycles. The van der Waals surface area contributed by atoms with Crippen molar-refractivity contribution >= 4 is 29.5 Å². The number of nitrogens with one attached hydrogen (secondary N) is 1. The molecule has 0 atom stereocenters. The summed E-state index contributed by atoms with van der Waals surface area (Å²) in [6, 6.07) is 3.97. The number of aromatic nitrogens is 3. The molecule has 2 aromatic heterocycles. The van der Waals surface area contributed by atoms with E-state index in [0.29, 0.717) is 30.8 Å². The average Bonchev–Trinajstić information content (AvgIpc) is 3.00. The number of hydrogen-bond acceptors (Lipinski definition) is 5. The monoisotopic (exact) mass is 297 g/mol. The minimum absolute atomic E-state index is 0.171. The minimum Gasteiger partial charge on any atom is -0.466 e. The largest absolute Gasteiger partial charge is 0.466 e. The summed E-state index contributed by atoms with van der Waals surface area (Å²) < 4.78 is 7.39. The van der Waals surface area contributed by atoms with Crippen LogP contribution in [0.1, 0.15) is 19.8 Å². The van der Waals surface area contributed by atoms with Gasteiger partial charge in [0.05, 0.1) is 11.5 Å². The van der Waals surface area contributed by atoms with Crippen LogP contribution in [-0.4, -0.2) is 27.3 Å². The molecule has 0 saturated heterocycles. The highest BCUT2D eigenvalue weighted by atomic mass is 32.1. The standard InChI is InChI=1S/C12H15N3O2S2/c1-2-17-10(16)6-3-7-15-11(13-14-12(15)18)9-5-4-8-19-9/h4-5,8H,2-3,6-7H2,1H3,(H,14,18). The topological polar surface area (TPSA) is 59.9 Å². The summed E-state index contributed by atoms with van der Waals surface area (Å²) in [5.74, 6) is 0.652. The lowest BCUT2D eigenvalue weighted by molar-refractivity contribution is -0.143. The number of thiophene rings is 1. The third-order valence-electron chi connectivity index (χ3n) is 2.57. The second kappa shape index (κ2) is 6.63. The molecule has 0 amide bonds. The summed E-state index contributed by atoms with van der Waals surface area (Å²) in [6.07, 6.45) is 1.08. The number of H-pyrrole nitrogens is 1. The molecular weight excluding hydrogens is 282 g/mol. The number of ether oxygens (including phenoxy) is 1.